The highest BCUT2D eigenvalue weighted by atomic mass is 16.6. The predicted molar refractivity (Wildman–Crippen MR) is 59.8 cm³/mol. The van der Waals surface area contributed by atoms with Crippen molar-refractivity contribution in [2.45, 2.75) is 26.4 Å². The molecule has 0 atom stereocenters. The molecule has 0 bridgehead atoms. The van der Waals surface area contributed by atoms with E-state index in [1.807, 2.05) is 20.8 Å². The number of likely N-dealkylation sites (tertiary alicyclic amines) is 2. The molecule has 96 valence electrons. The quantitative estimate of drug-likeness (QED) is 0.693. The van der Waals surface area contributed by atoms with E-state index in [-0.39, 0.29) is 11.5 Å². The van der Waals surface area contributed by atoms with Gasteiger partial charge in [-0.15, -0.1) is 0 Å². The first kappa shape index (κ1) is 12.0. The second-order valence-electron chi connectivity index (χ2n) is 5.98. The molecule has 6 nitrogen and oxygen atoms in total. The van der Waals surface area contributed by atoms with Gasteiger partial charge < -0.3 is 19.6 Å². The van der Waals surface area contributed by atoms with Gasteiger partial charge in [-0.05, 0) is 20.8 Å². The fourth-order valence-electron chi connectivity index (χ4n) is 2.32. The van der Waals surface area contributed by atoms with Gasteiger partial charge >= 0.3 is 12.2 Å². The Morgan fingerprint density at radius 2 is 1.59 bits per heavy atom. The van der Waals surface area contributed by atoms with Crippen LogP contribution in [0.2, 0.25) is 0 Å². The third-order valence-electron chi connectivity index (χ3n) is 3.03. The molecule has 0 radical (unpaired) electrons. The van der Waals surface area contributed by atoms with E-state index in [0.717, 1.165) is 0 Å². The van der Waals surface area contributed by atoms with Crippen LogP contribution in [-0.2, 0) is 4.74 Å². The Hall–Kier alpha value is -1.46. The summed E-state index contributed by atoms with van der Waals surface area (Å²) in [6, 6.07) is 0. The summed E-state index contributed by atoms with van der Waals surface area (Å²) < 4.78 is 5.23. The molecular weight excluding hydrogens is 224 g/mol. The molecule has 2 heterocycles. The number of amides is 2. The molecule has 2 aliphatic rings. The lowest BCUT2D eigenvalue weighted by atomic mass is 9.73. The Bertz CT molecular complexity index is 347. The first-order valence-electron chi connectivity index (χ1n) is 5.67. The van der Waals surface area contributed by atoms with Crippen LogP contribution in [-0.4, -0.2) is 58.9 Å². The predicted octanol–water partition coefficient (Wildman–Crippen LogP) is 1.22. The minimum Gasteiger partial charge on any atom is -0.465 e. The van der Waals surface area contributed by atoms with Crippen LogP contribution in [0, 0.1) is 5.41 Å². The molecule has 17 heavy (non-hydrogen) atoms. The molecule has 1 N–H and O–H groups in total. The summed E-state index contributed by atoms with van der Waals surface area (Å²) >= 11 is 0. The maximum absolute atomic E-state index is 11.7. The minimum absolute atomic E-state index is 0.00467. The zero-order chi connectivity index (χ0) is 12.8. The molecule has 2 rings (SSSR count). The Labute approximate surface area is 100 Å². The van der Waals surface area contributed by atoms with E-state index in [9.17, 15) is 9.59 Å². The molecule has 2 amide bonds. The van der Waals surface area contributed by atoms with E-state index in [1.165, 1.54) is 4.90 Å². The van der Waals surface area contributed by atoms with Crippen LogP contribution in [0.1, 0.15) is 20.8 Å². The van der Waals surface area contributed by atoms with Crippen molar-refractivity contribution in [3.8, 4) is 0 Å². The highest BCUT2D eigenvalue weighted by Gasteiger charge is 2.55. The number of nitrogens with zero attached hydrogens (tertiary/aromatic N) is 2. The van der Waals surface area contributed by atoms with E-state index >= 15 is 0 Å². The molecule has 2 saturated heterocycles. The molecule has 0 aromatic heterocycles. The van der Waals surface area contributed by atoms with Gasteiger partial charge in [-0.2, -0.15) is 0 Å². The van der Waals surface area contributed by atoms with E-state index in [2.05, 4.69) is 0 Å². The van der Waals surface area contributed by atoms with Crippen LogP contribution < -0.4 is 0 Å². The number of rotatable bonds is 0. The third-order valence-corrected chi connectivity index (χ3v) is 3.03. The Morgan fingerprint density at radius 3 is 2.00 bits per heavy atom. The summed E-state index contributed by atoms with van der Waals surface area (Å²) in [6.45, 7) is 7.75. The van der Waals surface area contributed by atoms with Gasteiger partial charge in [0.05, 0.1) is 0 Å². The zero-order valence-corrected chi connectivity index (χ0v) is 10.4. The van der Waals surface area contributed by atoms with Crippen molar-refractivity contribution in [3.05, 3.63) is 0 Å². The number of carbonyl (C=O) groups excluding carboxylic acids is 1. The summed E-state index contributed by atoms with van der Waals surface area (Å²) in [6.07, 6.45) is -1.19. The lowest BCUT2D eigenvalue weighted by molar-refractivity contribution is -0.101. The van der Waals surface area contributed by atoms with Crippen molar-refractivity contribution in [2.75, 3.05) is 26.2 Å². The van der Waals surface area contributed by atoms with Gasteiger partial charge in [0.1, 0.15) is 5.60 Å². The van der Waals surface area contributed by atoms with Crippen LogP contribution in [0.25, 0.3) is 0 Å². The number of carboxylic acid groups (broad SMARTS) is 1. The van der Waals surface area contributed by atoms with Crippen molar-refractivity contribution >= 4 is 12.2 Å². The Balaban J connectivity index is 1.77. The second-order valence-corrected chi connectivity index (χ2v) is 5.98. The summed E-state index contributed by atoms with van der Waals surface area (Å²) in [5, 5.41) is 8.73. The minimum atomic E-state index is -0.883. The molecule has 0 unspecified atom stereocenters. The van der Waals surface area contributed by atoms with Crippen LogP contribution in [0.3, 0.4) is 0 Å². The largest absolute Gasteiger partial charge is 0.465 e. The number of ether oxygens (including phenoxy) is 1. The van der Waals surface area contributed by atoms with Gasteiger partial charge in [0.2, 0.25) is 0 Å². The molecule has 1 spiro atoms. The lowest BCUT2D eigenvalue weighted by Crippen LogP contribution is -2.73. The maximum Gasteiger partial charge on any atom is 0.410 e. The van der Waals surface area contributed by atoms with Gasteiger partial charge in [-0.3, -0.25) is 0 Å². The summed E-state index contributed by atoms with van der Waals surface area (Å²) in [5.74, 6) is 0. The molecule has 0 aromatic carbocycles. The second kappa shape index (κ2) is 3.51. The van der Waals surface area contributed by atoms with Crippen molar-refractivity contribution in [1.82, 2.24) is 9.80 Å². The number of hydrogen-bond donors (Lipinski definition) is 1. The average Bonchev–Trinajstić information content (AvgIpc) is 1.93. The van der Waals surface area contributed by atoms with Crippen molar-refractivity contribution in [1.29, 1.82) is 0 Å². The normalized spacial score (nSPS) is 21.8. The molecule has 0 saturated carbocycles. The molecular formula is C11H18N2O4. The third kappa shape index (κ3) is 2.30. The van der Waals surface area contributed by atoms with Gasteiger partial charge in [0.15, 0.2) is 0 Å². The van der Waals surface area contributed by atoms with Gasteiger partial charge in [-0.1, -0.05) is 0 Å². The smallest absolute Gasteiger partial charge is 0.410 e. The average molecular weight is 242 g/mol. The summed E-state index contributed by atoms with van der Waals surface area (Å²) in [7, 11) is 0. The van der Waals surface area contributed by atoms with Crippen molar-refractivity contribution in [3.63, 3.8) is 0 Å². The molecule has 0 aromatic rings. The first-order valence-corrected chi connectivity index (χ1v) is 5.67. The number of hydrogen-bond acceptors (Lipinski definition) is 3. The van der Waals surface area contributed by atoms with E-state index in [0.29, 0.717) is 26.2 Å². The van der Waals surface area contributed by atoms with Crippen molar-refractivity contribution < 1.29 is 19.4 Å². The van der Waals surface area contributed by atoms with E-state index < -0.39 is 11.7 Å². The monoisotopic (exact) mass is 242 g/mol. The zero-order valence-electron chi connectivity index (χ0n) is 10.4. The fraction of sp³-hybridized carbons (Fsp3) is 0.818. The summed E-state index contributed by atoms with van der Waals surface area (Å²) in [4.78, 5) is 25.3. The highest BCUT2D eigenvalue weighted by molar-refractivity contribution is 5.71. The highest BCUT2D eigenvalue weighted by Crippen LogP contribution is 2.40. The lowest BCUT2D eigenvalue weighted by Gasteiger charge is -2.58. The Morgan fingerprint density at radius 1 is 1.12 bits per heavy atom. The van der Waals surface area contributed by atoms with Gasteiger partial charge in [0, 0.05) is 31.6 Å². The SMILES string of the molecule is CC(C)(C)OC(=O)N1CC2(CN(C(=O)O)C2)C1. The van der Waals surface area contributed by atoms with Gasteiger partial charge in [-0.25, -0.2) is 9.59 Å². The van der Waals surface area contributed by atoms with Crippen LogP contribution in [0.15, 0.2) is 0 Å². The maximum atomic E-state index is 11.7. The van der Waals surface area contributed by atoms with E-state index in [1.54, 1.807) is 4.90 Å². The Kier molecular flexibility index (Phi) is 2.48. The van der Waals surface area contributed by atoms with Crippen LogP contribution >= 0.6 is 0 Å². The van der Waals surface area contributed by atoms with Crippen LogP contribution in [0.5, 0.6) is 0 Å². The van der Waals surface area contributed by atoms with Crippen LogP contribution in [0.4, 0.5) is 9.59 Å². The topological polar surface area (TPSA) is 70.1 Å². The molecule has 2 fully saturated rings. The van der Waals surface area contributed by atoms with Gasteiger partial charge in [0.25, 0.3) is 0 Å². The van der Waals surface area contributed by atoms with E-state index in [4.69, 9.17) is 9.84 Å². The number of carbonyl (C=O) groups is 2. The fourth-order valence-corrected chi connectivity index (χ4v) is 2.32. The standard InChI is InChI=1S/C11H18N2O4/c1-10(2,3)17-9(16)13-6-11(7-13)4-12(5-11)8(14)15/h4-7H2,1-3H3,(H,14,15). The molecule has 6 heteroatoms. The first-order chi connectivity index (χ1) is 7.71. The summed E-state index contributed by atoms with van der Waals surface area (Å²) in [5.41, 5.74) is -0.484. The molecule has 0 aliphatic carbocycles. The van der Waals surface area contributed by atoms with Crippen molar-refractivity contribution in [2.24, 2.45) is 5.41 Å². The molecule has 2 aliphatic heterocycles.